The summed E-state index contributed by atoms with van der Waals surface area (Å²) in [6.07, 6.45) is 0.617. The molecule has 0 spiro atoms. The van der Waals surface area contributed by atoms with Gasteiger partial charge < -0.3 is 15.0 Å². The molecular weight excluding hydrogens is 367 g/mol. The molecule has 0 radical (unpaired) electrons. The number of hydrogen-bond donors (Lipinski definition) is 1. The molecule has 0 aliphatic rings. The van der Waals surface area contributed by atoms with Gasteiger partial charge >= 0.3 is 35.2 Å². The van der Waals surface area contributed by atoms with E-state index >= 15 is 0 Å². The summed E-state index contributed by atoms with van der Waals surface area (Å²) in [6, 6.07) is 10.0. The van der Waals surface area contributed by atoms with E-state index in [4.69, 9.17) is 0 Å². The number of phenolic OH excluding ortho intramolecular Hbond substituents is 1. The van der Waals surface area contributed by atoms with Crippen LogP contribution in [0, 0.1) is 20.2 Å². The van der Waals surface area contributed by atoms with Gasteiger partial charge in [-0.2, -0.15) is 0 Å². The molecule has 0 saturated heterocycles. The van der Waals surface area contributed by atoms with E-state index in [2.05, 4.69) is 0 Å². The molecule has 10 heteroatoms. The molecule has 9 nitrogen and oxygen atoms in total. The molecule has 0 bridgehead atoms. The van der Waals surface area contributed by atoms with E-state index in [1.54, 1.807) is 25.1 Å². The Morgan fingerprint density at radius 1 is 1.11 bits per heavy atom. The average molecular weight is 384 g/mol. The van der Waals surface area contributed by atoms with E-state index in [9.17, 15) is 35.2 Å². The molecule has 138 valence electrons. The van der Waals surface area contributed by atoms with Gasteiger partial charge in [0.1, 0.15) is 0 Å². The number of nitrogens with zero attached hydrogens (tertiary/aromatic N) is 2. The monoisotopic (exact) mass is 384 g/mol. The van der Waals surface area contributed by atoms with Gasteiger partial charge in [0, 0.05) is 11.6 Å². The van der Waals surface area contributed by atoms with Crippen LogP contribution in [0.25, 0.3) is 0 Å². The molecule has 0 aromatic heterocycles. The standard InChI is InChI=1S/C10H12N2O5.C7H6O2.Na/c1-3-6(2)8-4-7(11(14)15)5-9(10(8)13)12(16)17;8-7(9)6-4-2-1-3-5-6;/h4-6,13H,3H2,1-2H3;1-5H,(H,8,9);/q;;+1/p-1. The number of carbonyl (C=O) groups excluding carboxylic acids is 1. The molecule has 2 rings (SSSR count). The van der Waals surface area contributed by atoms with Crippen LogP contribution in [-0.2, 0) is 0 Å². The zero-order valence-corrected chi connectivity index (χ0v) is 17.1. The number of rotatable bonds is 5. The van der Waals surface area contributed by atoms with Gasteiger partial charge in [-0.05, 0) is 17.9 Å². The summed E-state index contributed by atoms with van der Waals surface area (Å²) >= 11 is 0. The molecule has 27 heavy (non-hydrogen) atoms. The Bertz CT molecular complexity index is 812. The van der Waals surface area contributed by atoms with Crippen molar-refractivity contribution in [3.05, 3.63) is 73.8 Å². The summed E-state index contributed by atoms with van der Waals surface area (Å²) in [5.74, 6) is -1.81. The number of carboxylic acid groups (broad SMARTS) is 1. The number of phenols is 1. The van der Waals surface area contributed by atoms with Crippen molar-refractivity contribution in [1.82, 2.24) is 0 Å². The quantitative estimate of drug-likeness (QED) is 0.426. The van der Waals surface area contributed by atoms with E-state index in [-0.39, 0.29) is 52.3 Å². The van der Waals surface area contributed by atoms with Crippen molar-refractivity contribution in [2.75, 3.05) is 0 Å². The summed E-state index contributed by atoms with van der Waals surface area (Å²) in [7, 11) is 0. The van der Waals surface area contributed by atoms with Crippen LogP contribution in [-0.4, -0.2) is 20.9 Å². The maximum atomic E-state index is 10.7. The zero-order valence-electron chi connectivity index (χ0n) is 15.1. The number of non-ortho nitro benzene ring substituents is 1. The maximum absolute atomic E-state index is 10.7. The fourth-order valence-corrected chi connectivity index (χ4v) is 2.04. The Morgan fingerprint density at radius 3 is 2.04 bits per heavy atom. The average Bonchev–Trinajstić information content (AvgIpc) is 2.62. The predicted octanol–water partition coefficient (Wildman–Crippen LogP) is -0.224. The topological polar surface area (TPSA) is 147 Å². The van der Waals surface area contributed by atoms with Crippen LogP contribution in [0.5, 0.6) is 5.75 Å². The van der Waals surface area contributed by atoms with Gasteiger partial charge in [-0.1, -0.05) is 44.2 Å². The smallest absolute Gasteiger partial charge is 0.545 e. The van der Waals surface area contributed by atoms with E-state index in [1.165, 1.54) is 18.2 Å². The van der Waals surface area contributed by atoms with Gasteiger partial charge in [-0.3, -0.25) is 20.2 Å². The molecule has 0 heterocycles. The Labute approximate surface area is 177 Å². The van der Waals surface area contributed by atoms with Crippen LogP contribution in [0.3, 0.4) is 0 Å². The molecule has 0 aliphatic heterocycles. The SMILES string of the molecule is CCC(C)c1cc([N+](=O)[O-])cc([N+](=O)[O-])c1O.O=C([O-])c1ccccc1.[Na+]. The normalized spacial score (nSPS) is 10.6. The minimum Gasteiger partial charge on any atom is -0.545 e. The third kappa shape index (κ3) is 6.97. The van der Waals surface area contributed by atoms with Crippen molar-refractivity contribution < 1.29 is 54.4 Å². The molecule has 1 N–H and O–H groups in total. The van der Waals surface area contributed by atoms with Gasteiger partial charge in [-0.25, -0.2) is 0 Å². The van der Waals surface area contributed by atoms with Gasteiger partial charge in [0.15, 0.2) is 5.75 Å². The summed E-state index contributed by atoms with van der Waals surface area (Å²) in [5, 5.41) is 41.1. The fraction of sp³-hybridized carbons (Fsp3) is 0.235. The Balaban J connectivity index is 0.000000572. The van der Waals surface area contributed by atoms with E-state index in [0.717, 1.165) is 6.07 Å². The number of hydrogen-bond acceptors (Lipinski definition) is 7. The number of nitro groups is 2. The molecule has 2 aromatic rings. The van der Waals surface area contributed by atoms with Crippen molar-refractivity contribution in [2.45, 2.75) is 26.2 Å². The first-order valence-corrected chi connectivity index (χ1v) is 7.61. The van der Waals surface area contributed by atoms with Crippen LogP contribution in [0.15, 0.2) is 42.5 Å². The third-order valence-corrected chi connectivity index (χ3v) is 3.66. The van der Waals surface area contributed by atoms with Crippen LogP contribution < -0.4 is 34.7 Å². The molecular formula is C17H17N2NaO7. The first kappa shape index (κ1) is 24.5. The second-order valence-electron chi connectivity index (χ2n) is 5.38. The van der Waals surface area contributed by atoms with Gasteiger partial charge in [-0.15, -0.1) is 0 Å². The van der Waals surface area contributed by atoms with Crippen LogP contribution in [0.1, 0.15) is 42.1 Å². The summed E-state index contributed by atoms with van der Waals surface area (Å²) in [4.78, 5) is 29.9. The Hall–Kier alpha value is -2.49. The van der Waals surface area contributed by atoms with Crippen molar-refractivity contribution in [2.24, 2.45) is 0 Å². The third-order valence-electron chi connectivity index (χ3n) is 3.66. The van der Waals surface area contributed by atoms with Crippen LogP contribution >= 0.6 is 0 Å². The molecule has 1 atom stereocenters. The van der Waals surface area contributed by atoms with E-state index in [0.29, 0.717) is 6.42 Å². The number of nitro benzene ring substituents is 2. The van der Waals surface area contributed by atoms with Gasteiger partial charge in [0.2, 0.25) is 0 Å². The van der Waals surface area contributed by atoms with E-state index in [1.807, 2.05) is 6.92 Å². The number of aromatic carboxylic acids is 1. The summed E-state index contributed by atoms with van der Waals surface area (Å²) < 4.78 is 0. The Morgan fingerprint density at radius 2 is 1.67 bits per heavy atom. The van der Waals surface area contributed by atoms with Gasteiger partial charge in [0.25, 0.3) is 5.69 Å². The first-order valence-electron chi connectivity index (χ1n) is 7.61. The minimum atomic E-state index is -1.13. The molecule has 0 fully saturated rings. The van der Waals surface area contributed by atoms with Crippen molar-refractivity contribution in [3.8, 4) is 5.75 Å². The number of carbonyl (C=O) groups is 1. The fourth-order valence-electron chi connectivity index (χ4n) is 2.04. The second-order valence-corrected chi connectivity index (χ2v) is 5.38. The number of carboxylic acids is 1. The molecule has 0 aliphatic carbocycles. The van der Waals surface area contributed by atoms with Crippen molar-refractivity contribution in [1.29, 1.82) is 0 Å². The van der Waals surface area contributed by atoms with Crippen molar-refractivity contribution in [3.63, 3.8) is 0 Å². The van der Waals surface area contributed by atoms with E-state index < -0.39 is 27.3 Å². The molecule has 0 saturated carbocycles. The zero-order chi connectivity index (χ0) is 19.9. The number of aromatic hydroxyl groups is 1. The number of benzene rings is 2. The summed E-state index contributed by atoms with van der Waals surface area (Å²) in [5.41, 5.74) is -0.565. The van der Waals surface area contributed by atoms with Crippen LogP contribution in [0.4, 0.5) is 11.4 Å². The van der Waals surface area contributed by atoms with Crippen molar-refractivity contribution >= 4 is 17.3 Å². The first-order chi connectivity index (χ1) is 12.2. The largest absolute Gasteiger partial charge is 1.00 e. The second kappa shape index (κ2) is 11.3. The molecule has 2 aromatic carbocycles. The molecule has 0 amide bonds. The maximum Gasteiger partial charge on any atom is 1.00 e. The summed E-state index contributed by atoms with van der Waals surface area (Å²) in [6.45, 7) is 3.57. The van der Waals surface area contributed by atoms with Gasteiger partial charge in [0.05, 0.1) is 21.9 Å². The Kier molecular flexibility index (Phi) is 10.2. The van der Waals surface area contributed by atoms with Crippen LogP contribution in [0.2, 0.25) is 0 Å². The minimum absolute atomic E-state index is 0. The molecule has 1 unspecified atom stereocenters. The predicted molar refractivity (Wildman–Crippen MR) is 90.9 cm³/mol.